The molecule has 0 fully saturated rings. The van der Waals surface area contributed by atoms with E-state index in [2.05, 4.69) is 17.6 Å². The van der Waals surface area contributed by atoms with Crippen molar-refractivity contribution in [3.8, 4) is 11.5 Å². The van der Waals surface area contributed by atoms with Crippen LogP contribution < -0.4 is 20.1 Å². The highest BCUT2D eigenvalue weighted by Gasteiger charge is 2.16. The molecule has 23 heavy (non-hydrogen) atoms. The van der Waals surface area contributed by atoms with E-state index in [-0.39, 0.29) is 18.9 Å². The molecule has 2 N–H and O–H groups in total. The first-order chi connectivity index (χ1) is 10.8. The van der Waals surface area contributed by atoms with Crippen LogP contribution in [-0.2, 0) is 4.74 Å². The van der Waals surface area contributed by atoms with E-state index >= 15 is 0 Å². The van der Waals surface area contributed by atoms with E-state index in [0.717, 1.165) is 30.0 Å². The molecule has 1 atom stereocenters. The minimum Gasteiger partial charge on any atom is -0.454 e. The van der Waals surface area contributed by atoms with Crippen molar-refractivity contribution >= 4 is 6.09 Å². The number of alkyl carbamates (subject to hydrolysis) is 1. The Labute approximate surface area is 137 Å². The van der Waals surface area contributed by atoms with Gasteiger partial charge in [0.1, 0.15) is 5.60 Å². The van der Waals surface area contributed by atoms with Crippen LogP contribution in [-0.4, -0.2) is 31.6 Å². The third-order valence-corrected chi connectivity index (χ3v) is 3.37. The third kappa shape index (κ3) is 5.63. The fourth-order valence-electron chi connectivity index (χ4n) is 2.21. The topological polar surface area (TPSA) is 68.8 Å². The van der Waals surface area contributed by atoms with Gasteiger partial charge in [0.2, 0.25) is 6.79 Å². The number of benzene rings is 1. The van der Waals surface area contributed by atoms with Crippen molar-refractivity contribution in [3.63, 3.8) is 0 Å². The fourth-order valence-corrected chi connectivity index (χ4v) is 2.21. The number of fused-ring (bicyclic) bond motifs is 1. The van der Waals surface area contributed by atoms with Crippen LogP contribution in [0.2, 0.25) is 0 Å². The molecule has 1 amide bonds. The van der Waals surface area contributed by atoms with Crippen LogP contribution in [0.15, 0.2) is 18.2 Å². The van der Waals surface area contributed by atoms with Gasteiger partial charge in [-0.1, -0.05) is 6.07 Å². The standard InChI is InChI=1S/C17H26N2O4/c1-12(13-6-7-14-15(10-13)22-11-21-14)18-8-5-9-19-16(20)23-17(2,3)4/h6-7,10,12,18H,5,8-9,11H2,1-4H3,(H,19,20). The van der Waals surface area contributed by atoms with Gasteiger partial charge in [-0.2, -0.15) is 0 Å². The molecule has 0 radical (unpaired) electrons. The largest absolute Gasteiger partial charge is 0.454 e. The van der Waals surface area contributed by atoms with E-state index in [1.54, 1.807) is 0 Å². The summed E-state index contributed by atoms with van der Waals surface area (Å²) in [6.45, 7) is 9.31. The van der Waals surface area contributed by atoms with Crippen molar-refractivity contribution in [3.05, 3.63) is 23.8 Å². The monoisotopic (exact) mass is 322 g/mol. The lowest BCUT2D eigenvalue weighted by atomic mass is 10.1. The van der Waals surface area contributed by atoms with Crippen LogP contribution in [0.1, 0.15) is 45.7 Å². The number of nitrogens with one attached hydrogen (secondary N) is 2. The van der Waals surface area contributed by atoms with Crippen molar-refractivity contribution in [1.82, 2.24) is 10.6 Å². The number of hydrogen-bond acceptors (Lipinski definition) is 5. The lowest BCUT2D eigenvalue weighted by molar-refractivity contribution is 0.0527. The minimum atomic E-state index is -0.462. The third-order valence-electron chi connectivity index (χ3n) is 3.37. The first kappa shape index (κ1) is 17.4. The quantitative estimate of drug-likeness (QED) is 0.788. The van der Waals surface area contributed by atoms with Gasteiger partial charge in [-0.15, -0.1) is 0 Å². The Morgan fingerprint density at radius 2 is 2.00 bits per heavy atom. The molecule has 6 nitrogen and oxygen atoms in total. The Hall–Kier alpha value is -1.95. The van der Waals surface area contributed by atoms with E-state index in [1.807, 2.05) is 39.0 Å². The average Bonchev–Trinajstić information content (AvgIpc) is 2.92. The molecule has 0 bridgehead atoms. The number of carbonyl (C=O) groups is 1. The summed E-state index contributed by atoms with van der Waals surface area (Å²) in [7, 11) is 0. The first-order valence-electron chi connectivity index (χ1n) is 7.95. The van der Waals surface area contributed by atoms with E-state index in [0.29, 0.717) is 6.54 Å². The highest BCUT2D eigenvalue weighted by molar-refractivity contribution is 5.67. The number of carbonyl (C=O) groups excluding carboxylic acids is 1. The van der Waals surface area contributed by atoms with Gasteiger partial charge in [0.15, 0.2) is 11.5 Å². The molecular weight excluding hydrogens is 296 g/mol. The van der Waals surface area contributed by atoms with Crippen LogP contribution in [0.5, 0.6) is 11.5 Å². The molecule has 1 unspecified atom stereocenters. The lowest BCUT2D eigenvalue weighted by Crippen LogP contribution is -2.34. The minimum absolute atomic E-state index is 0.200. The second-order valence-electron chi connectivity index (χ2n) is 6.57. The molecule has 0 spiro atoms. The first-order valence-corrected chi connectivity index (χ1v) is 7.95. The Bertz CT molecular complexity index is 540. The van der Waals surface area contributed by atoms with E-state index in [9.17, 15) is 4.79 Å². The summed E-state index contributed by atoms with van der Waals surface area (Å²) in [5, 5.41) is 6.17. The van der Waals surface area contributed by atoms with Crippen molar-refractivity contribution in [1.29, 1.82) is 0 Å². The normalized spacial score (nSPS) is 14.4. The molecule has 0 aliphatic carbocycles. The molecule has 128 valence electrons. The van der Waals surface area contributed by atoms with Crippen molar-refractivity contribution in [2.45, 2.75) is 45.8 Å². The van der Waals surface area contributed by atoms with Crippen LogP contribution in [0.3, 0.4) is 0 Å². The van der Waals surface area contributed by atoms with Gasteiger partial charge in [0.25, 0.3) is 0 Å². The van der Waals surface area contributed by atoms with Gasteiger partial charge < -0.3 is 24.8 Å². The van der Waals surface area contributed by atoms with E-state index in [4.69, 9.17) is 14.2 Å². The molecule has 0 aromatic heterocycles. The predicted molar refractivity (Wildman–Crippen MR) is 87.8 cm³/mol. The Kier molecular flexibility index (Phi) is 5.71. The Morgan fingerprint density at radius 3 is 2.74 bits per heavy atom. The molecule has 1 heterocycles. The van der Waals surface area contributed by atoms with Crippen LogP contribution in [0.4, 0.5) is 4.79 Å². The maximum Gasteiger partial charge on any atom is 0.407 e. The zero-order valence-electron chi connectivity index (χ0n) is 14.3. The highest BCUT2D eigenvalue weighted by atomic mass is 16.7. The summed E-state index contributed by atoms with van der Waals surface area (Å²) >= 11 is 0. The molecule has 1 aliphatic heterocycles. The zero-order chi connectivity index (χ0) is 16.9. The van der Waals surface area contributed by atoms with E-state index in [1.165, 1.54) is 0 Å². The lowest BCUT2D eigenvalue weighted by Gasteiger charge is -2.20. The smallest absolute Gasteiger partial charge is 0.407 e. The predicted octanol–water partition coefficient (Wildman–Crippen LogP) is 2.98. The summed E-state index contributed by atoms with van der Waals surface area (Å²) in [6, 6.07) is 6.16. The molecule has 2 rings (SSSR count). The highest BCUT2D eigenvalue weighted by Crippen LogP contribution is 2.34. The summed E-state index contributed by atoms with van der Waals surface area (Å²) in [5.74, 6) is 1.59. The van der Waals surface area contributed by atoms with Gasteiger partial charge >= 0.3 is 6.09 Å². The number of hydrogen-bond donors (Lipinski definition) is 2. The van der Waals surface area contributed by atoms with Crippen LogP contribution >= 0.6 is 0 Å². The summed E-state index contributed by atoms with van der Waals surface area (Å²) in [4.78, 5) is 11.5. The van der Waals surface area contributed by atoms with Gasteiger partial charge in [0, 0.05) is 12.6 Å². The summed E-state index contributed by atoms with van der Waals surface area (Å²) in [6.07, 6.45) is 0.454. The number of ether oxygens (including phenoxy) is 3. The van der Waals surface area contributed by atoms with Gasteiger partial charge in [-0.3, -0.25) is 0 Å². The van der Waals surface area contributed by atoms with Gasteiger partial charge in [0.05, 0.1) is 0 Å². The second-order valence-corrected chi connectivity index (χ2v) is 6.57. The average molecular weight is 322 g/mol. The molecule has 1 aliphatic rings. The second kappa shape index (κ2) is 7.55. The maximum atomic E-state index is 11.5. The number of rotatable bonds is 6. The molecular formula is C17H26N2O4. The number of amides is 1. The summed E-state index contributed by atoms with van der Waals surface area (Å²) < 4.78 is 15.9. The van der Waals surface area contributed by atoms with Crippen LogP contribution in [0.25, 0.3) is 0 Å². The van der Waals surface area contributed by atoms with Gasteiger partial charge in [-0.05, 0) is 58.4 Å². The molecule has 0 saturated carbocycles. The maximum absolute atomic E-state index is 11.5. The SMILES string of the molecule is CC(NCCCNC(=O)OC(C)(C)C)c1ccc2c(c1)OCO2. The van der Waals surface area contributed by atoms with E-state index < -0.39 is 5.60 Å². The molecule has 1 aromatic carbocycles. The van der Waals surface area contributed by atoms with Crippen molar-refractivity contribution < 1.29 is 19.0 Å². The molecule has 0 saturated heterocycles. The zero-order valence-corrected chi connectivity index (χ0v) is 14.3. The van der Waals surface area contributed by atoms with Crippen LogP contribution in [0, 0.1) is 0 Å². The van der Waals surface area contributed by atoms with Crippen molar-refractivity contribution in [2.24, 2.45) is 0 Å². The fraction of sp³-hybridized carbons (Fsp3) is 0.588. The molecule has 6 heteroatoms. The van der Waals surface area contributed by atoms with Crippen molar-refractivity contribution in [2.75, 3.05) is 19.9 Å². The summed E-state index contributed by atoms with van der Waals surface area (Å²) in [5.41, 5.74) is 0.685. The molecule has 1 aromatic rings. The Morgan fingerprint density at radius 1 is 1.26 bits per heavy atom. The Balaban J connectivity index is 1.65. The van der Waals surface area contributed by atoms with Gasteiger partial charge in [-0.25, -0.2) is 4.79 Å².